The fourth-order valence-electron chi connectivity index (χ4n) is 2.17. The summed E-state index contributed by atoms with van der Waals surface area (Å²) in [6, 6.07) is 10.8. The summed E-state index contributed by atoms with van der Waals surface area (Å²) in [6.45, 7) is 2.40. The molecule has 0 bridgehead atoms. The number of methoxy groups -OCH3 is 2. The standard InChI is InChI=1S/C19H19BrO4/c1-4-24-19-17(22-2)11-13(12-18(19)23-3)5-10-16(21)14-6-8-15(20)9-7-14/h5-12H,4H2,1-3H3/b10-5+. The quantitative estimate of drug-likeness (QED) is 0.504. The van der Waals surface area contributed by atoms with Crippen LogP contribution in [0, 0.1) is 0 Å². The summed E-state index contributed by atoms with van der Waals surface area (Å²) in [5.41, 5.74) is 1.41. The summed E-state index contributed by atoms with van der Waals surface area (Å²) in [5.74, 6) is 1.60. The predicted molar refractivity (Wildman–Crippen MR) is 98.2 cm³/mol. The van der Waals surface area contributed by atoms with E-state index in [1.807, 2.05) is 19.1 Å². The first-order valence-corrected chi connectivity index (χ1v) is 8.25. The van der Waals surface area contributed by atoms with Gasteiger partial charge in [-0.25, -0.2) is 0 Å². The summed E-state index contributed by atoms with van der Waals surface area (Å²) in [5, 5.41) is 0. The molecule has 0 N–H and O–H groups in total. The van der Waals surface area contributed by atoms with Crippen molar-refractivity contribution in [2.24, 2.45) is 0 Å². The van der Waals surface area contributed by atoms with E-state index in [2.05, 4.69) is 15.9 Å². The van der Waals surface area contributed by atoms with E-state index in [1.165, 1.54) is 6.08 Å². The third-order valence-corrected chi connectivity index (χ3v) is 3.86. The summed E-state index contributed by atoms with van der Waals surface area (Å²) in [6.07, 6.45) is 3.25. The highest BCUT2D eigenvalue weighted by Crippen LogP contribution is 2.38. The van der Waals surface area contributed by atoms with Gasteiger partial charge in [-0.15, -0.1) is 0 Å². The number of carbonyl (C=O) groups excluding carboxylic acids is 1. The van der Waals surface area contributed by atoms with Crippen LogP contribution in [0.25, 0.3) is 6.08 Å². The molecule has 0 radical (unpaired) electrons. The van der Waals surface area contributed by atoms with E-state index in [-0.39, 0.29) is 5.78 Å². The van der Waals surface area contributed by atoms with Crippen molar-refractivity contribution in [3.8, 4) is 17.2 Å². The number of ketones is 1. The highest BCUT2D eigenvalue weighted by Gasteiger charge is 2.13. The van der Waals surface area contributed by atoms with E-state index >= 15 is 0 Å². The largest absolute Gasteiger partial charge is 0.493 e. The number of allylic oxidation sites excluding steroid dienone is 1. The molecule has 0 aromatic heterocycles. The van der Waals surface area contributed by atoms with Gasteiger partial charge in [0.25, 0.3) is 0 Å². The molecule has 0 spiro atoms. The van der Waals surface area contributed by atoms with Crippen molar-refractivity contribution >= 4 is 27.8 Å². The van der Waals surface area contributed by atoms with Crippen molar-refractivity contribution in [2.75, 3.05) is 20.8 Å². The zero-order chi connectivity index (χ0) is 17.5. The van der Waals surface area contributed by atoms with Gasteiger partial charge in [0.15, 0.2) is 17.3 Å². The minimum Gasteiger partial charge on any atom is -0.493 e. The molecule has 24 heavy (non-hydrogen) atoms. The number of ether oxygens (including phenoxy) is 3. The Hall–Kier alpha value is -2.27. The number of carbonyl (C=O) groups is 1. The second-order valence-corrected chi connectivity index (χ2v) is 5.81. The van der Waals surface area contributed by atoms with Gasteiger partial charge in [-0.1, -0.05) is 22.0 Å². The lowest BCUT2D eigenvalue weighted by molar-refractivity contribution is 0.104. The molecule has 0 saturated carbocycles. The lowest BCUT2D eigenvalue weighted by Crippen LogP contribution is -1.99. The maximum Gasteiger partial charge on any atom is 0.203 e. The molecule has 0 aliphatic rings. The Morgan fingerprint density at radius 1 is 1.08 bits per heavy atom. The maximum absolute atomic E-state index is 12.2. The van der Waals surface area contributed by atoms with Gasteiger partial charge in [0.05, 0.1) is 20.8 Å². The van der Waals surface area contributed by atoms with Gasteiger partial charge < -0.3 is 14.2 Å². The van der Waals surface area contributed by atoms with E-state index < -0.39 is 0 Å². The Kier molecular flexibility index (Phi) is 6.44. The van der Waals surface area contributed by atoms with E-state index in [0.717, 1.165) is 10.0 Å². The van der Waals surface area contributed by atoms with Crippen LogP contribution >= 0.6 is 15.9 Å². The fourth-order valence-corrected chi connectivity index (χ4v) is 2.43. The van der Waals surface area contributed by atoms with Crippen LogP contribution in [0.15, 0.2) is 46.9 Å². The zero-order valence-electron chi connectivity index (χ0n) is 13.8. The minimum atomic E-state index is -0.0747. The Balaban J connectivity index is 2.28. The summed E-state index contributed by atoms with van der Waals surface area (Å²) in [7, 11) is 3.13. The normalized spacial score (nSPS) is 10.7. The molecule has 2 aromatic rings. The molecule has 0 aliphatic carbocycles. The first-order valence-electron chi connectivity index (χ1n) is 7.45. The van der Waals surface area contributed by atoms with Crippen molar-refractivity contribution < 1.29 is 19.0 Å². The van der Waals surface area contributed by atoms with Crippen LogP contribution in [-0.4, -0.2) is 26.6 Å². The Morgan fingerprint density at radius 3 is 2.17 bits per heavy atom. The van der Waals surface area contributed by atoms with Crippen LogP contribution in [0.2, 0.25) is 0 Å². The van der Waals surface area contributed by atoms with Crippen LogP contribution in [0.4, 0.5) is 0 Å². The van der Waals surface area contributed by atoms with Crippen LogP contribution in [0.3, 0.4) is 0 Å². The average Bonchev–Trinajstić information content (AvgIpc) is 2.61. The van der Waals surface area contributed by atoms with Crippen LogP contribution in [-0.2, 0) is 0 Å². The molecule has 0 fully saturated rings. The molecule has 0 amide bonds. The van der Waals surface area contributed by atoms with Crippen molar-refractivity contribution in [3.05, 3.63) is 58.1 Å². The summed E-state index contributed by atoms with van der Waals surface area (Å²) in [4.78, 5) is 12.2. The van der Waals surface area contributed by atoms with E-state index in [1.54, 1.807) is 44.6 Å². The second kappa shape index (κ2) is 8.55. The summed E-state index contributed by atoms with van der Waals surface area (Å²) < 4.78 is 17.2. The Bertz CT molecular complexity index is 711. The number of hydrogen-bond acceptors (Lipinski definition) is 4. The number of halogens is 1. The van der Waals surface area contributed by atoms with Crippen molar-refractivity contribution in [1.82, 2.24) is 0 Å². The number of rotatable bonds is 7. The molecule has 4 nitrogen and oxygen atoms in total. The average molecular weight is 391 g/mol. The molecule has 0 atom stereocenters. The molecule has 126 valence electrons. The smallest absolute Gasteiger partial charge is 0.203 e. The molecule has 2 aromatic carbocycles. The highest BCUT2D eigenvalue weighted by atomic mass is 79.9. The van der Waals surface area contributed by atoms with E-state index in [4.69, 9.17) is 14.2 Å². The lowest BCUT2D eigenvalue weighted by Gasteiger charge is -2.14. The predicted octanol–water partition coefficient (Wildman–Crippen LogP) is 4.76. The van der Waals surface area contributed by atoms with E-state index in [9.17, 15) is 4.79 Å². The SMILES string of the molecule is CCOc1c(OC)cc(/C=C/C(=O)c2ccc(Br)cc2)cc1OC. The van der Waals surface area contributed by atoms with Crippen molar-refractivity contribution in [1.29, 1.82) is 0 Å². The minimum absolute atomic E-state index is 0.0747. The van der Waals surface area contributed by atoms with Gasteiger partial charge in [0.2, 0.25) is 5.75 Å². The zero-order valence-corrected chi connectivity index (χ0v) is 15.4. The fraction of sp³-hybridized carbons (Fsp3) is 0.211. The van der Waals surface area contributed by atoms with Gasteiger partial charge in [0.1, 0.15) is 0 Å². The molecule has 0 unspecified atom stereocenters. The molecule has 5 heteroatoms. The monoisotopic (exact) mass is 390 g/mol. The first-order chi connectivity index (χ1) is 11.6. The third-order valence-electron chi connectivity index (χ3n) is 3.33. The van der Waals surface area contributed by atoms with Gasteiger partial charge >= 0.3 is 0 Å². The molecule has 0 heterocycles. The lowest BCUT2D eigenvalue weighted by atomic mass is 10.1. The first kappa shape index (κ1) is 18.1. The number of benzene rings is 2. The van der Waals surface area contributed by atoms with Gasteiger partial charge in [-0.05, 0) is 55.0 Å². The van der Waals surface area contributed by atoms with Crippen LogP contribution in [0.1, 0.15) is 22.8 Å². The Labute approximate surface area is 150 Å². The Morgan fingerprint density at radius 2 is 1.67 bits per heavy atom. The van der Waals surface area contributed by atoms with Crippen molar-refractivity contribution in [2.45, 2.75) is 6.92 Å². The van der Waals surface area contributed by atoms with Gasteiger partial charge in [0, 0.05) is 10.0 Å². The van der Waals surface area contributed by atoms with E-state index in [0.29, 0.717) is 29.4 Å². The summed E-state index contributed by atoms with van der Waals surface area (Å²) >= 11 is 3.35. The van der Waals surface area contributed by atoms with Gasteiger partial charge in [-0.3, -0.25) is 4.79 Å². The topological polar surface area (TPSA) is 44.8 Å². The molecular formula is C19H19BrO4. The molecule has 2 rings (SSSR count). The second-order valence-electron chi connectivity index (χ2n) is 4.89. The van der Waals surface area contributed by atoms with Crippen molar-refractivity contribution in [3.63, 3.8) is 0 Å². The number of hydrogen-bond donors (Lipinski definition) is 0. The molecular weight excluding hydrogens is 372 g/mol. The molecule has 0 saturated heterocycles. The van der Waals surface area contributed by atoms with Crippen LogP contribution in [0.5, 0.6) is 17.2 Å². The third kappa shape index (κ3) is 4.38. The molecule has 0 aliphatic heterocycles. The van der Waals surface area contributed by atoms with Gasteiger partial charge in [-0.2, -0.15) is 0 Å². The maximum atomic E-state index is 12.2. The van der Waals surface area contributed by atoms with Crippen LogP contribution < -0.4 is 14.2 Å². The highest BCUT2D eigenvalue weighted by molar-refractivity contribution is 9.10.